The molecule has 0 atom stereocenters. The number of pyridine rings is 1. The molecule has 1 fully saturated rings. The Hall–Kier alpha value is -1.82. The average molecular weight is 332 g/mol. The van der Waals surface area contributed by atoms with E-state index in [1.807, 2.05) is 31.3 Å². The molecule has 134 valence electrons. The van der Waals surface area contributed by atoms with Gasteiger partial charge in [-0.25, -0.2) is 9.98 Å². The van der Waals surface area contributed by atoms with Gasteiger partial charge in [-0.1, -0.05) is 6.42 Å². The van der Waals surface area contributed by atoms with E-state index in [-0.39, 0.29) is 0 Å². The molecule has 2 rings (SSSR count). The van der Waals surface area contributed by atoms with Gasteiger partial charge in [-0.3, -0.25) is 0 Å². The summed E-state index contributed by atoms with van der Waals surface area (Å²) in [5.41, 5.74) is 1.17. The molecule has 0 spiro atoms. The van der Waals surface area contributed by atoms with Gasteiger partial charge in [-0.2, -0.15) is 0 Å². The zero-order valence-electron chi connectivity index (χ0n) is 15.4. The Balaban J connectivity index is 1.84. The van der Waals surface area contributed by atoms with E-state index < -0.39 is 0 Å². The lowest BCUT2D eigenvalue weighted by Gasteiger charge is -2.26. The molecule has 0 amide bonds. The second-order valence-corrected chi connectivity index (χ2v) is 6.44. The molecule has 24 heavy (non-hydrogen) atoms. The average Bonchev–Trinajstić information content (AvgIpc) is 2.61. The minimum Gasteiger partial charge on any atom is -0.363 e. The molecular weight excluding hydrogens is 300 g/mol. The largest absolute Gasteiger partial charge is 0.363 e. The minimum atomic E-state index is 0.655. The monoisotopic (exact) mass is 332 g/mol. The van der Waals surface area contributed by atoms with E-state index in [0.29, 0.717) is 6.54 Å². The molecule has 0 bridgehead atoms. The highest BCUT2D eigenvalue weighted by atomic mass is 15.2. The molecule has 2 heterocycles. The van der Waals surface area contributed by atoms with Gasteiger partial charge in [0.25, 0.3) is 0 Å². The topological polar surface area (TPSA) is 55.8 Å². The molecule has 1 aliphatic heterocycles. The molecule has 0 unspecified atom stereocenters. The van der Waals surface area contributed by atoms with E-state index in [9.17, 15) is 0 Å². The summed E-state index contributed by atoms with van der Waals surface area (Å²) in [6.45, 7) is 8.12. The zero-order chi connectivity index (χ0) is 17.2. The van der Waals surface area contributed by atoms with Crippen molar-refractivity contribution in [1.29, 1.82) is 0 Å². The Kier molecular flexibility index (Phi) is 7.82. The van der Waals surface area contributed by atoms with Crippen LogP contribution < -0.4 is 15.5 Å². The smallest absolute Gasteiger partial charge is 0.191 e. The lowest BCUT2D eigenvalue weighted by atomic mass is 10.1. The molecule has 0 radical (unpaired) electrons. The zero-order valence-corrected chi connectivity index (χ0v) is 15.4. The van der Waals surface area contributed by atoms with Crippen molar-refractivity contribution in [2.45, 2.75) is 32.7 Å². The first kappa shape index (κ1) is 18.5. The van der Waals surface area contributed by atoms with Crippen LogP contribution in [0.15, 0.2) is 23.3 Å². The quantitative estimate of drug-likeness (QED) is 0.588. The summed E-state index contributed by atoms with van der Waals surface area (Å²) in [6.07, 6.45) is 5.90. The summed E-state index contributed by atoms with van der Waals surface area (Å²) in [5, 5.41) is 6.77. The van der Waals surface area contributed by atoms with Crippen LogP contribution in [-0.4, -0.2) is 62.7 Å². The summed E-state index contributed by atoms with van der Waals surface area (Å²) in [7, 11) is 4.00. The molecule has 6 heteroatoms. The molecule has 0 aromatic carbocycles. The third-order valence-electron chi connectivity index (χ3n) is 4.20. The van der Waals surface area contributed by atoms with Gasteiger partial charge in [0.05, 0.1) is 6.54 Å². The van der Waals surface area contributed by atoms with Crippen LogP contribution in [0.25, 0.3) is 0 Å². The van der Waals surface area contributed by atoms with E-state index in [1.54, 1.807) is 0 Å². The van der Waals surface area contributed by atoms with Crippen molar-refractivity contribution in [3.8, 4) is 0 Å². The first-order chi connectivity index (χ1) is 11.7. The molecular formula is C18H32N6. The number of likely N-dealkylation sites (tertiary alicyclic amines) is 1. The van der Waals surface area contributed by atoms with Gasteiger partial charge in [-0.15, -0.1) is 0 Å². The van der Waals surface area contributed by atoms with Crippen LogP contribution in [0.2, 0.25) is 0 Å². The Labute approximate surface area is 146 Å². The van der Waals surface area contributed by atoms with Crippen molar-refractivity contribution in [2.75, 3.05) is 51.7 Å². The van der Waals surface area contributed by atoms with Crippen molar-refractivity contribution < 1.29 is 0 Å². The summed E-state index contributed by atoms with van der Waals surface area (Å²) in [4.78, 5) is 13.6. The maximum atomic E-state index is 4.70. The molecule has 0 saturated carbocycles. The Morgan fingerprint density at radius 3 is 2.75 bits per heavy atom. The number of anilines is 1. The molecule has 0 aliphatic carbocycles. The van der Waals surface area contributed by atoms with E-state index in [1.165, 1.54) is 37.9 Å². The van der Waals surface area contributed by atoms with Crippen molar-refractivity contribution in [3.05, 3.63) is 23.9 Å². The van der Waals surface area contributed by atoms with Crippen LogP contribution in [-0.2, 0) is 6.54 Å². The second kappa shape index (κ2) is 10.1. The van der Waals surface area contributed by atoms with Crippen molar-refractivity contribution in [1.82, 2.24) is 20.5 Å². The fourth-order valence-electron chi connectivity index (χ4n) is 2.83. The van der Waals surface area contributed by atoms with Gasteiger partial charge in [-0.05, 0) is 50.6 Å². The number of nitrogens with one attached hydrogen (secondary N) is 2. The van der Waals surface area contributed by atoms with Crippen LogP contribution >= 0.6 is 0 Å². The molecule has 6 nitrogen and oxygen atoms in total. The van der Waals surface area contributed by atoms with Gasteiger partial charge in [0, 0.05) is 39.9 Å². The number of rotatable bonds is 7. The van der Waals surface area contributed by atoms with Crippen molar-refractivity contribution in [2.24, 2.45) is 4.99 Å². The molecule has 2 N–H and O–H groups in total. The van der Waals surface area contributed by atoms with Crippen LogP contribution in [0.4, 0.5) is 5.82 Å². The minimum absolute atomic E-state index is 0.655. The summed E-state index contributed by atoms with van der Waals surface area (Å²) in [6, 6.07) is 4.11. The van der Waals surface area contributed by atoms with Gasteiger partial charge in [0.2, 0.25) is 0 Å². The standard InChI is InChI=1S/C18H32N6/c1-4-19-18(21-10-13-24-11-6-5-7-12-24)22-15-16-8-9-20-17(14-16)23(2)3/h8-9,14H,4-7,10-13,15H2,1-3H3,(H2,19,21,22). The van der Waals surface area contributed by atoms with Crippen molar-refractivity contribution in [3.63, 3.8) is 0 Å². The second-order valence-electron chi connectivity index (χ2n) is 6.44. The Bertz CT molecular complexity index is 508. The molecule has 1 aliphatic rings. The highest BCUT2D eigenvalue weighted by Crippen LogP contribution is 2.10. The van der Waals surface area contributed by atoms with Gasteiger partial charge in [0.1, 0.15) is 5.82 Å². The molecule has 1 aromatic heterocycles. The van der Waals surface area contributed by atoms with Gasteiger partial charge >= 0.3 is 0 Å². The Morgan fingerprint density at radius 1 is 1.25 bits per heavy atom. The molecule has 1 saturated heterocycles. The number of aromatic nitrogens is 1. The number of hydrogen-bond donors (Lipinski definition) is 2. The Morgan fingerprint density at radius 2 is 2.04 bits per heavy atom. The highest BCUT2D eigenvalue weighted by molar-refractivity contribution is 5.79. The lowest BCUT2D eigenvalue weighted by molar-refractivity contribution is 0.232. The highest BCUT2D eigenvalue weighted by Gasteiger charge is 2.09. The number of hydrogen-bond acceptors (Lipinski definition) is 4. The fraction of sp³-hybridized carbons (Fsp3) is 0.667. The van der Waals surface area contributed by atoms with Gasteiger partial charge < -0.3 is 20.4 Å². The first-order valence-electron chi connectivity index (χ1n) is 9.06. The van der Waals surface area contributed by atoms with Gasteiger partial charge in [0.15, 0.2) is 5.96 Å². The molecule has 1 aromatic rings. The third kappa shape index (κ3) is 6.35. The fourth-order valence-corrected chi connectivity index (χ4v) is 2.83. The van der Waals surface area contributed by atoms with Crippen LogP contribution in [0.5, 0.6) is 0 Å². The van der Waals surface area contributed by atoms with Crippen molar-refractivity contribution >= 4 is 11.8 Å². The van der Waals surface area contributed by atoms with E-state index in [4.69, 9.17) is 4.99 Å². The maximum Gasteiger partial charge on any atom is 0.191 e. The first-order valence-corrected chi connectivity index (χ1v) is 9.06. The maximum absolute atomic E-state index is 4.70. The lowest BCUT2D eigenvalue weighted by Crippen LogP contribution is -2.42. The predicted octanol–water partition coefficient (Wildman–Crippen LogP) is 1.69. The number of guanidine groups is 1. The summed E-state index contributed by atoms with van der Waals surface area (Å²) in [5.74, 6) is 1.85. The number of piperidine rings is 1. The van der Waals surface area contributed by atoms with Crippen LogP contribution in [0.3, 0.4) is 0 Å². The predicted molar refractivity (Wildman–Crippen MR) is 102 cm³/mol. The van der Waals surface area contributed by atoms with Crippen LogP contribution in [0, 0.1) is 0 Å². The summed E-state index contributed by atoms with van der Waals surface area (Å²) >= 11 is 0. The number of aliphatic imine (C=N–C) groups is 1. The number of nitrogens with zero attached hydrogens (tertiary/aromatic N) is 4. The van der Waals surface area contributed by atoms with E-state index in [2.05, 4.69) is 33.5 Å². The third-order valence-corrected chi connectivity index (χ3v) is 4.20. The van der Waals surface area contributed by atoms with E-state index >= 15 is 0 Å². The van der Waals surface area contributed by atoms with Crippen LogP contribution in [0.1, 0.15) is 31.7 Å². The normalized spacial score (nSPS) is 16.0. The SMILES string of the molecule is CCNC(=NCc1ccnc(N(C)C)c1)NCCN1CCCCC1. The summed E-state index contributed by atoms with van der Waals surface area (Å²) < 4.78 is 0. The van der Waals surface area contributed by atoms with E-state index in [0.717, 1.165) is 31.4 Å².